The number of likely N-dealkylation sites (N-methyl/N-ethyl adjacent to an activating group) is 1. The molecule has 0 radical (unpaired) electrons. The van der Waals surface area contributed by atoms with E-state index in [0.717, 1.165) is 27.8 Å². The topological polar surface area (TPSA) is 86.5 Å². The van der Waals surface area contributed by atoms with Crippen molar-refractivity contribution >= 4 is 34.1 Å². The van der Waals surface area contributed by atoms with Crippen molar-refractivity contribution in [3.63, 3.8) is 0 Å². The number of amides is 2. The summed E-state index contributed by atoms with van der Waals surface area (Å²) in [7, 11) is 5.57. The first kappa shape index (κ1) is 24.5. The van der Waals surface area contributed by atoms with Crippen LogP contribution in [-0.2, 0) is 11.2 Å². The summed E-state index contributed by atoms with van der Waals surface area (Å²) < 4.78 is 5.54. The highest BCUT2D eigenvalue weighted by molar-refractivity contribution is 7.12. The molecule has 0 fully saturated rings. The molecule has 0 aliphatic rings. The minimum absolute atomic E-state index is 0.100. The zero-order valence-corrected chi connectivity index (χ0v) is 20.9. The first-order chi connectivity index (χ1) is 17.0. The van der Waals surface area contributed by atoms with Gasteiger partial charge in [-0.15, -0.1) is 11.3 Å². The van der Waals surface area contributed by atoms with Crippen molar-refractivity contribution in [2.45, 2.75) is 18.5 Å². The lowest BCUT2D eigenvalue weighted by molar-refractivity contribution is -0.123. The van der Waals surface area contributed by atoms with Crippen LogP contribution in [0.15, 0.2) is 72.2 Å². The third-order valence-electron chi connectivity index (χ3n) is 6.06. The number of carbonyl (C=O) groups is 2. The van der Waals surface area contributed by atoms with Crippen LogP contribution in [0.4, 0.5) is 0 Å². The summed E-state index contributed by atoms with van der Waals surface area (Å²) in [5.41, 5.74) is 2.95. The molecule has 2 amide bonds. The van der Waals surface area contributed by atoms with Gasteiger partial charge in [-0.05, 0) is 43.2 Å². The molecule has 0 saturated heterocycles. The first-order valence-electron chi connectivity index (χ1n) is 11.4. The van der Waals surface area contributed by atoms with Crippen molar-refractivity contribution in [1.29, 1.82) is 0 Å². The molecule has 0 aliphatic carbocycles. The Morgan fingerprint density at radius 3 is 2.57 bits per heavy atom. The lowest BCUT2D eigenvalue weighted by atomic mass is 10.0. The summed E-state index contributed by atoms with van der Waals surface area (Å²) in [6, 6.07) is 18.5. The Bertz CT molecular complexity index is 1280. The Morgan fingerprint density at radius 2 is 1.83 bits per heavy atom. The van der Waals surface area contributed by atoms with Gasteiger partial charge in [0.2, 0.25) is 5.91 Å². The maximum absolute atomic E-state index is 13.4. The first-order valence-corrected chi connectivity index (χ1v) is 12.3. The predicted octanol–water partition coefficient (Wildman–Crippen LogP) is 4.00. The molecule has 0 aliphatic heterocycles. The van der Waals surface area contributed by atoms with Crippen molar-refractivity contribution in [3.05, 3.63) is 88.2 Å². The summed E-state index contributed by atoms with van der Waals surface area (Å²) in [5, 5.41) is 8.90. The van der Waals surface area contributed by atoms with Crippen LogP contribution in [-0.4, -0.2) is 55.5 Å². The zero-order valence-electron chi connectivity index (χ0n) is 20.1. The Labute approximate surface area is 209 Å². The van der Waals surface area contributed by atoms with Crippen LogP contribution in [0.5, 0.6) is 5.75 Å². The Morgan fingerprint density at radius 1 is 1.06 bits per heavy atom. The number of aromatic amines is 1. The van der Waals surface area contributed by atoms with E-state index in [0.29, 0.717) is 17.8 Å². The molecule has 2 heterocycles. The number of carbonyl (C=O) groups excluding carboxylic acids is 2. The summed E-state index contributed by atoms with van der Waals surface area (Å²) >= 11 is 1.35. The van der Waals surface area contributed by atoms with Crippen LogP contribution >= 0.6 is 11.3 Å². The number of fused-ring (bicyclic) bond motifs is 1. The molecule has 35 heavy (non-hydrogen) atoms. The van der Waals surface area contributed by atoms with E-state index in [1.807, 2.05) is 85.2 Å². The van der Waals surface area contributed by atoms with E-state index in [4.69, 9.17) is 4.74 Å². The molecule has 7 nitrogen and oxygen atoms in total. The smallest absolute Gasteiger partial charge is 0.262 e. The van der Waals surface area contributed by atoms with Gasteiger partial charge in [-0.1, -0.05) is 42.5 Å². The molecule has 2 atom stereocenters. The van der Waals surface area contributed by atoms with Gasteiger partial charge >= 0.3 is 0 Å². The summed E-state index contributed by atoms with van der Waals surface area (Å²) in [6.45, 7) is 0.367. The number of methoxy groups -OCH3 is 1. The van der Waals surface area contributed by atoms with Crippen molar-refractivity contribution < 1.29 is 14.3 Å². The van der Waals surface area contributed by atoms with Gasteiger partial charge in [-0.3, -0.25) is 9.59 Å². The Hall–Kier alpha value is -3.62. The fourth-order valence-electron chi connectivity index (χ4n) is 4.20. The SMILES string of the molecule is COc1ccccc1C(CNC(=O)C(Cc1c[nH]c2ccccc12)NC(=O)c1cccs1)N(C)C. The van der Waals surface area contributed by atoms with E-state index < -0.39 is 6.04 Å². The minimum Gasteiger partial charge on any atom is -0.496 e. The van der Waals surface area contributed by atoms with E-state index in [-0.39, 0.29) is 17.9 Å². The molecular formula is C27H30N4O3S. The second-order valence-corrected chi connectivity index (χ2v) is 9.48. The molecule has 2 aromatic heterocycles. The van der Waals surface area contributed by atoms with E-state index in [9.17, 15) is 9.59 Å². The average molecular weight is 491 g/mol. The number of hydrogen-bond acceptors (Lipinski definition) is 5. The van der Waals surface area contributed by atoms with Crippen molar-refractivity contribution in [2.75, 3.05) is 27.7 Å². The zero-order chi connectivity index (χ0) is 24.8. The molecule has 8 heteroatoms. The maximum atomic E-state index is 13.4. The second kappa shape index (κ2) is 11.2. The van der Waals surface area contributed by atoms with Crippen molar-refractivity contribution in [2.24, 2.45) is 0 Å². The highest BCUT2D eigenvalue weighted by Gasteiger charge is 2.26. The molecule has 3 N–H and O–H groups in total. The Balaban J connectivity index is 1.54. The molecule has 2 unspecified atom stereocenters. The monoisotopic (exact) mass is 490 g/mol. The number of para-hydroxylation sites is 2. The number of thiophene rings is 1. The maximum Gasteiger partial charge on any atom is 0.262 e. The van der Waals surface area contributed by atoms with Gasteiger partial charge in [-0.2, -0.15) is 0 Å². The van der Waals surface area contributed by atoms with Crippen LogP contribution < -0.4 is 15.4 Å². The molecule has 4 aromatic rings. The number of aromatic nitrogens is 1. The molecule has 0 saturated carbocycles. The molecule has 0 bridgehead atoms. The van der Waals surface area contributed by atoms with Crippen molar-refractivity contribution in [1.82, 2.24) is 20.5 Å². The number of nitrogens with one attached hydrogen (secondary N) is 3. The minimum atomic E-state index is -0.732. The predicted molar refractivity (Wildman–Crippen MR) is 140 cm³/mol. The third kappa shape index (κ3) is 5.72. The number of nitrogens with zero attached hydrogens (tertiary/aromatic N) is 1. The quantitative estimate of drug-likeness (QED) is 0.314. The van der Waals surface area contributed by atoms with Crippen LogP contribution in [0.2, 0.25) is 0 Å². The van der Waals surface area contributed by atoms with Crippen molar-refractivity contribution in [3.8, 4) is 5.75 Å². The highest BCUT2D eigenvalue weighted by Crippen LogP contribution is 2.27. The summed E-state index contributed by atoms with van der Waals surface area (Å²) in [6.07, 6.45) is 2.27. The number of rotatable bonds is 10. The highest BCUT2D eigenvalue weighted by atomic mass is 32.1. The average Bonchev–Trinajstić information content (AvgIpc) is 3.54. The second-order valence-electron chi connectivity index (χ2n) is 8.53. The van der Waals surface area contributed by atoms with Crippen LogP contribution in [0.3, 0.4) is 0 Å². The van der Waals surface area contributed by atoms with E-state index >= 15 is 0 Å². The molecule has 4 rings (SSSR count). The molecule has 2 aromatic carbocycles. The van der Waals surface area contributed by atoms with Gasteiger partial charge < -0.3 is 25.3 Å². The lowest BCUT2D eigenvalue weighted by Crippen LogP contribution is -2.49. The van der Waals surface area contributed by atoms with Crippen LogP contribution in [0, 0.1) is 0 Å². The number of benzene rings is 2. The fourth-order valence-corrected chi connectivity index (χ4v) is 4.83. The van der Waals surface area contributed by atoms with E-state index in [2.05, 4.69) is 15.6 Å². The number of hydrogen-bond donors (Lipinski definition) is 3. The van der Waals surface area contributed by atoms with Gasteiger partial charge in [0.15, 0.2) is 0 Å². The van der Waals surface area contributed by atoms with Gasteiger partial charge in [0.1, 0.15) is 11.8 Å². The van der Waals surface area contributed by atoms with Gasteiger partial charge in [-0.25, -0.2) is 0 Å². The fraction of sp³-hybridized carbons (Fsp3) is 0.259. The lowest BCUT2D eigenvalue weighted by Gasteiger charge is -2.27. The summed E-state index contributed by atoms with van der Waals surface area (Å²) in [5.74, 6) is 0.276. The van der Waals surface area contributed by atoms with Gasteiger partial charge in [0, 0.05) is 35.6 Å². The molecular weight excluding hydrogens is 460 g/mol. The van der Waals surface area contributed by atoms with E-state index in [1.54, 1.807) is 13.2 Å². The molecule has 0 spiro atoms. The Kier molecular flexibility index (Phi) is 7.84. The molecule has 182 valence electrons. The largest absolute Gasteiger partial charge is 0.496 e. The summed E-state index contributed by atoms with van der Waals surface area (Å²) in [4.78, 5) is 32.2. The standard InChI is InChI=1S/C27H30N4O3S/c1-31(2)23(20-10-5-7-12-24(20)34-3)17-29-26(32)22(30-27(33)25-13-8-14-35-25)15-18-16-28-21-11-6-4-9-19(18)21/h4-14,16,22-23,28H,15,17H2,1-3H3,(H,29,32)(H,30,33). The number of ether oxygens (including phenoxy) is 1. The van der Waals surface area contributed by atoms with Crippen LogP contribution in [0.25, 0.3) is 10.9 Å². The van der Waals surface area contributed by atoms with Gasteiger partial charge in [0.25, 0.3) is 5.91 Å². The number of H-pyrrole nitrogens is 1. The van der Waals surface area contributed by atoms with Gasteiger partial charge in [0.05, 0.1) is 18.0 Å². The third-order valence-corrected chi connectivity index (χ3v) is 6.93. The van der Waals surface area contributed by atoms with E-state index in [1.165, 1.54) is 11.3 Å². The normalized spacial score (nSPS) is 12.9. The van der Waals surface area contributed by atoms with Crippen LogP contribution in [0.1, 0.15) is 26.8 Å².